The number of nitrogens with two attached hydrogens (primary N) is 2. The fraction of sp³-hybridized carbons (Fsp3) is 0.722. The Bertz CT molecular complexity index is 544. The SMILES string of the molecule is CC[C@@H]1CN(c2ccc(C3(N)CC(N)C3)c(C)n2)C[C@H](CC)O1. The van der Waals surface area contributed by atoms with Crippen molar-refractivity contribution in [2.24, 2.45) is 11.5 Å². The van der Waals surface area contributed by atoms with E-state index in [1.165, 1.54) is 0 Å². The van der Waals surface area contributed by atoms with E-state index in [2.05, 4.69) is 37.8 Å². The maximum Gasteiger partial charge on any atom is 0.128 e. The Kier molecular flexibility index (Phi) is 4.63. The number of hydrogen-bond acceptors (Lipinski definition) is 5. The predicted octanol–water partition coefficient (Wildman–Crippen LogP) is 2.06. The topological polar surface area (TPSA) is 77.4 Å². The number of ether oxygens (including phenoxy) is 1. The lowest BCUT2D eigenvalue weighted by Gasteiger charge is -2.44. The number of anilines is 1. The number of hydrogen-bond donors (Lipinski definition) is 2. The molecule has 0 radical (unpaired) electrons. The number of aryl methyl sites for hydroxylation is 1. The summed E-state index contributed by atoms with van der Waals surface area (Å²) in [5, 5.41) is 0. The molecule has 0 unspecified atom stereocenters. The zero-order valence-electron chi connectivity index (χ0n) is 14.6. The van der Waals surface area contributed by atoms with E-state index in [1.807, 2.05) is 0 Å². The van der Waals surface area contributed by atoms with Crippen LogP contribution < -0.4 is 16.4 Å². The van der Waals surface area contributed by atoms with Crippen LogP contribution in [0.15, 0.2) is 12.1 Å². The lowest BCUT2D eigenvalue weighted by molar-refractivity contribution is -0.0287. The van der Waals surface area contributed by atoms with Crippen LogP contribution >= 0.6 is 0 Å². The zero-order valence-corrected chi connectivity index (χ0v) is 14.6. The molecule has 2 aliphatic rings. The van der Waals surface area contributed by atoms with E-state index in [4.69, 9.17) is 21.2 Å². The highest BCUT2D eigenvalue weighted by Crippen LogP contribution is 2.39. The van der Waals surface area contributed by atoms with Crippen LogP contribution in [0.3, 0.4) is 0 Å². The van der Waals surface area contributed by atoms with Crippen molar-refractivity contribution in [3.05, 3.63) is 23.4 Å². The van der Waals surface area contributed by atoms with Crippen molar-refractivity contribution in [2.45, 2.75) is 70.2 Å². The third-order valence-electron chi connectivity index (χ3n) is 5.33. The minimum atomic E-state index is -0.280. The van der Waals surface area contributed by atoms with Crippen molar-refractivity contribution in [3.63, 3.8) is 0 Å². The minimum Gasteiger partial charge on any atom is -0.371 e. The molecule has 0 amide bonds. The number of nitrogens with zero attached hydrogens (tertiary/aromatic N) is 2. The van der Waals surface area contributed by atoms with Crippen LogP contribution in [0.25, 0.3) is 0 Å². The molecule has 1 saturated heterocycles. The average molecular weight is 318 g/mol. The van der Waals surface area contributed by atoms with E-state index in [-0.39, 0.29) is 11.6 Å². The van der Waals surface area contributed by atoms with Crippen LogP contribution in [-0.2, 0) is 10.3 Å². The first-order chi connectivity index (χ1) is 10.9. The number of rotatable bonds is 4. The van der Waals surface area contributed by atoms with Crippen molar-refractivity contribution < 1.29 is 4.74 Å². The highest BCUT2D eigenvalue weighted by molar-refractivity contribution is 5.45. The Balaban J connectivity index is 1.79. The standard InChI is InChI=1S/C18H30N4O/c1-4-14-10-22(11-15(5-2)23-14)17-7-6-16(12(3)21-17)18(20)8-13(19)9-18/h6-7,13-15H,4-5,8-11,19-20H2,1-3H3/t13?,14-,15+,18?. The van der Waals surface area contributed by atoms with Crippen molar-refractivity contribution in [1.82, 2.24) is 4.98 Å². The lowest BCUT2D eigenvalue weighted by atomic mass is 9.69. The molecule has 1 aliphatic heterocycles. The molecule has 2 atom stereocenters. The van der Waals surface area contributed by atoms with Crippen LogP contribution in [0, 0.1) is 6.92 Å². The number of pyridine rings is 1. The molecule has 0 spiro atoms. The summed E-state index contributed by atoms with van der Waals surface area (Å²) >= 11 is 0. The molecule has 2 heterocycles. The summed E-state index contributed by atoms with van der Waals surface area (Å²) in [5.74, 6) is 1.04. The molecule has 1 saturated carbocycles. The maximum atomic E-state index is 6.48. The monoisotopic (exact) mass is 318 g/mol. The van der Waals surface area contributed by atoms with Crippen molar-refractivity contribution in [2.75, 3.05) is 18.0 Å². The van der Waals surface area contributed by atoms with Crippen LogP contribution in [-0.4, -0.2) is 36.3 Å². The third kappa shape index (κ3) is 3.23. The second kappa shape index (κ2) is 6.38. The van der Waals surface area contributed by atoms with E-state index in [9.17, 15) is 0 Å². The molecule has 0 aromatic carbocycles. The van der Waals surface area contributed by atoms with Gasteiger partial charge in [0.05, 0.1) is 12.2 Å². The van der Waals surface area contributed by atoms with Gasteiger partial charge in [0.15, 0.2) is 0 Å². The predicted molar refractivity (Wildman–Crippen MR) is 93.5 cm³/mol. The molecule has 1 aromatic heterocycles. The van der Waals surface area contributed by atoms with Crippen molar-refractivity contribution in [3.8, 4) is 0 Å². The van der Waals surface area contributed by atoms with Gasteiger partial charge in [0.2, 0.25) is 0 Å². The third-order valence-corrected chi connectivity index (χ3v) is 5.33. The number of aromatic nitrogens is 1. The summed E-state index contributed by atoms with van der Waals surface area (Å²) in [6.07, 6.45) is 4.36. The van der Waals surface area contributed by atoms with Gasteiger partial charge >= 0.3 is 0 Å². The lowest BCUT2D eigenvalue weighted by Crippen LogP contribution is -2.55. The molecule has 0 bridgehead atoms. The highest BCUT2D eigenvalue weighted by Gasteiger charge is 2.41. The molecule has 23 heavy (non-hydrogen) atoms. The largest absolute Gasteiger partial charge is 0.371 e. The van der Waals surface area contributed by atoms with Crippen LogP contribution in [0.2, 0.25) is 0 Å². The Morgan fingerprint density at radius 2 is 1.83 bits per heavy atom. The Morgan fingerprint density at radius 1 is 1.22 bits per heavy atom. The molecule has 3 rings (SSSR count). The van der Waals surface area contributed by atoms with E-state index < -0.39 is 0 Å². The molecule has 5 heteroatoms. The molecule has 1 aromatic rings. The molecular weight excluding hydrogens is 288 g/mol. The summed E-state index contributed by atoms with van der Waals surface area (Å²) in [6, 6.07) is 4.50. The van der Waals surface area contributed by atoms with Gasteiger partial charge in [-0.1, -0.05) is 19.9 Å². The quantitative estimate of drug-likeness (QED) is 0.888. The fourth-order valence-corrected chi connectivity index (χ4v) is 3.91. The molecule has 4 N–H and O–H groups in total. The first-order valence-corrected chi connectivity index (χ1v) is 8.88. The normalized spacial score (nSPS) is 34.3. The molecular formula is C18H30N4O. The van der Waals surface area contributed by atoms with E-state index >= 15 is 0 Å². The van der Waals surface area contributed by atoms with Gasteiger partial charge in [0.25, 0.3) is 0 Å². The maximum absolute atomic E-state index is 6.48. The van der Waals surface area contributed by atoms with Crippen LogP contribution in [0.5, 0.6) is 0 Å². The molecule has 5 nitrogen and oxygen atoms in total. The second-order valence-corrected chi connectivity index (χ2v) is 7.23. The van der Waals surface area contributed by atoms with Gasteiger partial charge in [-0.2, -0.15) is 0 Å². The van der Waals surface area contributed by atoms with E-state index in [0.717, 1.165) is 55.8 Å². The summed E-state index contributed by atoms with van der Waals surface area (Å²) in [5.41, 5.74) is 14.3. The van der Waals surface area contributed by atoms with E-state index in [0.29, 0.717) is 12.2 Å². The fourth-order valence-electron chi connectivity index (χ4n) is 3.91. The summed E-state index contributed by atoms with van der Waals surface area (Å²) in [4.78, 5) is 7.22. The highest BCUT2D eigenvalue weighted by atomic mass is 16.5. The van der Waals surface area contributed by atoms with E-state index in [1.54, 1.807) is 0 Å². The van der Waals surface area contributed by atoms with Gasteiger partial charge in [-0.25, -0.2) is 4.98 Å². The van der Waals surface area contributed by atoms with Gasteiger partial charge in [0.1, 0.15) is 5.82 Å². The Labute approximate surface area is 139 Å². The van der Waals surface area contributed by atoms with Gasteiger partial charge in [-0.3, -0.25) is 0 Å². The van der Waals surface area contributed by atoms with Gasteiger partial charge in [0, 0.05) is 30.4 Å². The first-order valence-electron chi connectivity index (χ1n) is 8.88. The van der Waals surface area contributed by atoms with Crippen molar-refractivity contribution >= 4 is 5.82 Å². The van der Waals surface area contributed by atoms with Gasteiger partial charge < -0.3 is 21.1 Å². The van der Waals surface area contributed by atoms with Crippen LogP contribution in [0.4, 0.5) is 5.82 Å². The van der Waals surface area contributed by atoms with Crippen LogP contribution in [0.1, 0.15) is 50.8 Å². The first kappa shape index (κ1) is 16.7. The second-order valence-electron chi connectivity index (χ2n) is 7.23. The minimum absolute atomic E-state index is 0.231. The molecule has 2 fully saturated rings. The summed E-state index contributed by atoms with van der Waals surface area (Å²) in [7, 11) is 0. The van der Waals surface area contributed by atoms with Gasteiger partial charge in [-0.05, 0) is 44.2 Å². The van der Waals surface area contributed by atoms with Gasteiger partial charge in [-0.15, -0.1) is 0 Å². The molecule has 128 valence electrons. The number of morpholine rings is 1. The van der Waals surface area contributed by atoms with Crippen molar-refractivity contribution in [1.29, 1.82) is 0 Å². The Morgan fingerprint density at radius 3 is 2.30 bits per heavy atom. The zero-order chi connectivity index (χ0) is 16.6. The average Bonchev–Trinajstić information content (AvgIpc) is 2.52. The Hall–Kier alpha value is -1.17. The summed E-state index contributed by atoms with van der Waals surface area (Å²) < 4.78 is 6.08. The summed E-state index contributed by atoms with van der Waals surface area (Å²) in [6.45, 7) is 8.25. The smallest absolute Gasteiger partial charge is 0.128 e. The molecule has 1 aliphatic carbocycles.